The van der Waals surface area contributed by atoms with Crippen molar-refractivity contribution in [2.75, 3.05) is 6.54 Å². The Kier molecular flexibility index (Phi) is 4.34. The van der Waals surface area contributed by atoms with Crippen molar-refractivity contribution in [3.63, 3.8) is 0 Å². The van der Waals surface area contributed by atoms with Gasteiger partial charge in [-0.1, -0.05) is 32.3 Å². The van der Waals surface area contributed by atoms with Crippen molar-refractivity contribution in [1.82, 2.24) is 14.7 Å². The van der Waals surface area contributed by atoms with Gasteiger partial charge in [-0.3, -0.25) is 9.20 Å². The van der Waals surface area contributed by atoms with Crippen LogP contribution in [0.3, 0.4) is 0 Å². The Balaban J connectivity index is 1.93. The van der Waals surface area contributed by atoms with Crippen LogP contribution in [-0.2, 0) is 0 Å². The van der Waals surface area contributed by atoms with Gasteiger partial charge in [-0.25, -0.2) is 4.98 Å². The first-order chi connectivity index (χ1) is 8.83. The minimum atomic E-state index is -0.0994. The molecule has 4 heteroatoms. The van der Waals surface area contributed by atoms with E-state index < -0.39 is 0 Å². The molecule has 0 spiro atoms. The molecule has 0 aliphatic heterocycles. The monoisotopic (exact) mass is 245 g/mol. The lowest BCUT2D eigenvalue weighted by molar-refractivity contribution is 0.0942. The lowest BCUT2D eigenvalue weighted by Crippen LogP contribution is -2.26. The van der Waals surface area contributed by atoms with Gasteiger partial charge in [-0.05, 0) is 18.6 Å². The zero-order valence-electron chi connectivity index (χ0n) is 10.7. The van der Waals surface area contributed by atoms with Crippen LogP contribution in [0.4, 0.5) is 0 Å². The number of unbranched alkanes of at least 4 members (excludes halogenated alkanes) is 3. The molecule has 4 nitrogen and oxygen atoms in total. The van der Waals surface area contributed by atoms with Crippen LogP contribution in [-0.4, -0.2) is 21.8 Å². The fraction of sp³-hybridized carbons (Fsp3) is 0.429. The van der Waals surface area contributed by atoms with Gasteiger partial charge in [0.2, 0.25) is 5.82 Å². The summed E-state index contributed by atoms with van der Waals surface area (Å²) in [7, 11) is 0. The van der Waals surface area contributed by atoms with Gasteiger partial charge >= 0.3 is 0 Å². The van der Waals surface area contributed by atoms with Gasteiger partial charge < -0.3 is 5.32 Å². The normalized spacial score (nSPS) is 10.7. The number of rotatable bonds is 6. The molecule has 1 N–H and O–H groups in total. The average molecular weight is 245 g/mol. The maximum absolute atomic E-state index is 12.0. The van der Waals surface area contributed by atoms with Gasteiger partial charge in [0.1, 0.15) is 0 Å². The van der Waals surface area contributed by atoms with E-state index in [0.717, 1.165) is 18.5 Å². The summed E-state index contributed by atoms with van der Waals surface area (Å²) in [6, 6.07) is 5.77. The van der Waals surface area contributed by atoms with E-state index in [-0.39, 0.29) is 5.91 Å². The number of fused-ring (bicyclic) bond motifs is 1. The molecule has 0 fully saturated rings. The van der Waals surface area contributed by atoms with E-state index in [9.17, 15) is 4.79 Å². The molecular formula is C14H19N3O. The molecule has 0 radical (unpaired) electrons. The summed E-state index contributed by atoms with van der Waals surface area (Å²) in [5, 5.41) is 2.91. The Bertz CT molecular complexity index is 518. The zero-order valence-corrected chi connectivity index (χ0v) is 10.7. The average Bonchev–Trinajstić information content (AvgIpc) is 2.82. The summed E-state index contributed by atoms with van der Waals surface area (Å²) in [5.41, 5.74) is 0.939. The molecular weight excluding hydrogens is 226 g/mol. The molecule has 0 unspecified atom stereocenters. The number of carbonyl (C=O) groups is 1. The molecule has 0 aliphatic rings. The fourth-order valence-corrected chi connectivity index (χ4v) is 1.94. The second-order valence-electron chi connectivity index (χ2n) is 4.39. The van der Waals surface area contributed by atoms with Crippen LogP contribution in [0, 0.1) is 0 Å². The zero-order chi connectivity index (χ0) is 12.8. The van der Waals surface area contributed by atoms with Crippen LogP contribution >= 0.6 is 0 Å². The lowest BCUT2D eigenvalue weighted by atomic mass is 10.2. The van der Waals surface area contributed by atoms with E-state index in [1.165, 1.54) is 19.3 Å². The number of pyridine rings is 1. The van der Waals surface area contributed by atoms with Gasteiger partial charge in [-0.2, -0.15) is 0 Å². The Morgan fingerprint density at radius 3 is 3.06 bits per heavy atom. The first-order valence-corrected chi connectivity index (χ1v) is 6.53. The third kappa shape index (κ3) is 2.88. The van der Waals surface area contributed by atoms with Crippen molar-refractivity contribution >= 4 is 11.4 Å². The number of hydrogen-bond acceptors (Lipinski definition) is 2. The number of hydrogen-bond donors (Lipinski definition) is 1. The van der Waals surface area contributed by atoms with E-state index in [1.54, 1.807) is 10.6 Å². The minimum Gasteiger partial charge on any atom is -0.349 e. The maximum Gasteiger partial charge on any atom is 0.287 e. The maximum atomic E-state index is 12.0. The quantitative estimate of drug-likeness (QED) is 0.795. The number of aromatic nitrogens is 2. The molecule has 2 aromatic rings. The van der Waals surface area contributed by atoms with Crippen LogP contribution < -0.4 is 5.32 Å². The highest BCUT2D eigenvalue weighted by Crippen LogP contribution is 2.06. The van der Waals surface area contributed by atoms with Crippen molar-refractivity contribution in [2.24, 2.45) is 0 Å². The fourth-order valence-electron chi connectivity index (χ4n) is 1.94. The van der Waals surface area contributed by atoms with Crippen molar-refractivity contribution in [3.8, 4) is 0 Å². The van der Waals surface area contributed by atoms with Gasteiger partial charge in [-0.15, -0.1) is 0 Å². The molecule has 0 saturated heterocycles. The van der Waals surface area contributed by atoms with Crippen LogP contribution in [0.1, 0.15) is 43.2 Å². The predicted molar refractivity (Wildman–Crippen MR) is 71.7 cm³/mol. The van der Waals surface area contributed by atoms with Crippen LogP contribution in [0.25, 0.3) is 5.52 Å². The first kappa shape index (κ1) is 12.6. The molecule has 0 bridgehead atoms. The van der Waals surface area contributed by atoms with Crippen molar-refractivity contribution < 1.29 is 4.79 Å². The van der Waals surface area contributed by atoms with E-state index in [2.05, 4.69) is 17.2 Å². The highest BCUT2D eigenvalue weighted by atomic mass is 16.2. The third-order valence-electron chi connectivity index (χ3n) is 2.96. The summed E-state index contributed by atoms with van der Waals surface area (Å²) in [5.74, 6) is 0.360. The predicted octanol–water partition coefficient (Wildman–Crippen LogP) is 2.64. The molecule has 0 saturated carbocycles. The molecule has 1 amide bonds. The Labute approximate surface area is 107 Å². The molecule has 2 heterocycles. The third-order valence-corrected chi connectivity index (χ3v) is 2.96. The van der Waals surface area contributed by atoms with Gasteiger partial charge in [0, 0.05) is 12.7 Å². The number of imidazole rings is 1. The van der Waals surface area contributed by atoms with Crippen LogP contribution in [0.2, 0.25) is 0 Å². The second-order valence-corrected chi connectivity index (χ2v) is 4.39. The van der Waals surface area contributed by atoms with Crippen LogP contribution in [0.15, 0.2) is 30.6 Å². The smallest absolute Gasteiger partial charge is 0.287 e. The standard InChI is InChI=1S/C14H19N3O/c1-2-3-4-6-9-15-14(18)13-16-11-12-8-5-7-10-17(12)13/h5,7-8,10-11H,2-4,6,9H2,1H3,(H,15,18). The van der Waals surface area contributed by atoms with Crippen LogP contribution in [0.5, 0.6) is 0 Å². The van der Waals surface area contributed by atoms with E-state index in [0.29, 0.717) is 5.82 Å². The Morgan fingerprint density at radius 1 is 1.33 bits per heavy atom. The van der Waals surface area contributed by atoms with Gasteiger partial charge in [0.25, 0.3) is 5.91 Å². The Morgan fingerprint density at radius 2 is 2.22 bits per heavy atom. The van der Waals surface area contributed by atoms with E-state index >= 15 is 0 Å². The highest BCUT2D eigenvalue weighted by Gasteiger charge is 2.11. The van der Waals surface area contributed by atoms with Crippen molar-refractivity contribution in [1.29, 1.82) is 0 Å². The number of amides is 1. The highest BCUT2D eigenvalue weighted by molar-refractivity contribution is 5.91. The van der Waals surface area contributed by atoms with E-state index in [1.807, 2.05) is 24.4 Å². The SMILES string of the molecule is CCCCCCNC(=O)c1ncc2ccccn12. The topological polar surface area (TPSA) is 46.4 Å². The van der Waals surface area contributed by atoms with E-state index in [4.69, 9.17) is 0 Å². The molecule has 0 aromatic carbocycles. The molecule has 18 heavy (non-hydrogen) atoms. The minimum absolute atomic E-state index is 0.0994. The number of carbonyl (C=O) groups excluding carboxylic acids is 1. The molecule has 96 valence electrons. The second kappa shape index (κ2) is 6.19. The summed E-state index contributed by atoms with van der Waals surface area (Å²) in [6.45, 7) is 2.90. The number of nitrogens with zero attached hydrogens (tertiary/aromatic N) is 2. The summed E-state index contributed by atoms with van der Waals surface area (Å²) in [6.07, 6.45) is 8.20. The summed E-state index contributed by atoms with van der Waals surface area (Å²) in [4.78, 5) is 16.1. The van der Waals surface area contributed by atoms with Crippen molar-refractivity contribution in [3.05, 3.63) is 36.4 Å². The molecule has 0 aliphatic carbocycles. The molecule has 2 aromatic heterocycles. The largest absolute Gasteiger partial charge is 0.349 e. The lowest BCUT2D eigenvalue weighted by Gasteiger charge is -2.04. The molecule has 2 rings (SSSR count). The summed E-state index contributed by atoms with van der Waals surface area (Å²) < 4.78 is 1.81. The first-order valence-electron chi connectivity index (χ1n) is 6.53. The number of nitrogens with one attached hydrogen (secondary N) is 1. The Hall–Kier alpha value is -1.84. The molecule has 0 atom stereocenters. The van der Waals surface area contributed by atoms with Crippen molar-refractivity contribution in [2.45, 2.75) is 32.6 Å². The van der Waals surface area contributed by atoms with Gasteiger partial charge in [0.05, 0.1) is 11.7 Å². The van der Waals surface area contributed by atoms with Gasteiger partial charge in [0.15, 0.2) is 0 Å². The summed E-state index contributed by atoms with van der Waals surface area (Å²) >= 11 is 0.